The first kappa shape index (κ1) is 15.1. The molecule has 0 spiro atoms. The van der Waals surface area contributed by atoms with E-state index in [2.05, 4.69) is 34.0 Å². The van der Waals surface area contributed by atoms with Gasteiger partial charge in [-0.15, -0.1) is 11.3 Å². The second-order valence-corrected chi connectivity index (χ2v) is 8.52. The molecule has 3 nitrogen and oxygen atoms in total. The van der Waals surface area contributed by atoms with Crippen molar-refractivity contribution in [2.45, 2.75) is 25.3 Å². The topological polar surface area (TPSA) is 55.1 Å². The molecule has 21 heavy (non-hydrogen) atoms. The number of rotatable bonds is 3. The lowest BCUT2D eigenvalue weighted by atomic mass is 9.94. The van der Waals surface area contributed by atoms with Crippen LogP contribution in [0, 0.1) is 2.88 Å². The maximum atomic E-state index is 11.4. The lowest BCUT2D eigenvalue weighted by Gasteiger charge is -2.25. The van der Waals surface area contributed by atoms with Gasteiger partial charge in [0.15, 0.2) is 0 Å². The number of anilines is 1. The minimum absolute atomic E-state index is 0.287. The molecular weight excluding hydrogens is 419 g/mol. The van der Waals surface area contributed by atoms with Gasteiger partial charge in [0.1, 0.15) is 0 Å². The van der Waals surface area contributed by atoms with Crippen molar-refractivity contribution < 1.29 is 4.79 Å². The lowest BCUT2D eigenvalue weighted by molar-refractivity contribution is 0.100. The van der Waals surface area contributed by atoms with Crippen LogP contribution in [0.5, 0.6) is 0 Å². The van der Waals surface area contributed by atoms with E-state index in [1.807, 2.05) is 17.4 Å². The summed E-state index contributed by atoms with van der Waals surface area (Å²) in [5.41, 5.74) is 7.97. The Bertz CT molecular complexity index is 701. The zero-order chi connectivity index (χ0) is 15.0. The van der Waals surface area contributed by atoms with Crippen molar-refractivity contribution in [3.63, 3.8) is 0 Å². The van der Waals surface area contributed by atoms with Crippen molar-refractivity contribution in [2.24, 2.45) is 5.73 Å². The minimum atomic E-state index is -0.502. The van der Waals surface area contributed by atoms with E-state index in [9.17, 15) is 4.79 Å². The predicted molar refractivity (Wildman–Crippen MR) is 96.3 cm³/mol. The van der Waals surface area contributed by atoms with E-state index in [0.29, 0.717) is 10.6 Å². The molecule has 1 heterocycles. The summed E-state index contributed by atoms with van der Waals surface area (Å²) in [7, 11) is 0. The first-order chi connectivity index (χ1) is 10.0. The third-order valence-corrected chi connectivity index (χ3v) is 5.96. The maximum absolute atomic E-state index is 11.4. The van der Waals surface area contributed by atoms with Crippen molar-refractivity contribution in [1.29, 1.82) is 0 Å². The fourth-order valence-electron chi connectivity index (χ4n) is 2.68. The van der Waals surface area contributed by atoms with Gasteiger partial charge in [-0.3, -0.25) is 4.79 Å². The number of primary amides is 1. The number of thiophene rings is 1. The average Bonchev–Trinajstić information content (AvgIpc) is 2.82. The summed E-state index contributed by atoms with van der Waals surface area (Å²) in [6.45, 7) is 0. The molecule has 1 aromatic heterocycles. The van der Waals surface area contributed by atoms with Crippen LogP contribution in [0.15, 0.2) is 24.3 Å². The number of hydrogen-bond acceptors (Lipinski definition) is 3. The Morgan fingerprint density at radius 3 is 3.00 bits per heavy atom. The van der Waals surface area contributed by atoms with Gasteiger partial charge in [-0.2, -0.15) is 0 Å². The van der Waals surface area contributed by atoms with Crippen LogP contribution in [0.4, 0.5) is 5.69 Å². The van der Waals surface area contributed by atoms with E-state index in [1.54, 1.807) is 12.1 Å². The first-order valence-electron chi connectivity index (χ1n) is 6.68. The van der Waals surface area contributed by atoms with Crippen LogP contribution in [-0.2, 0) is 6.42 Å². The summed E-state index contributed by atoms with van der Waals surface area (Å²) in [4.78, 5) is 12.8. The molecule has 6 heteroatoms. The first-order valence-corrected chi connectivity index (χ1v) is 8.96. The van der Waals surface area contributed by atoms with Gasteiger partial charge in [0.05, 0.1) is 19.5 Å². The molecule has 0 radical (unpaired) electrons. The van der Waals surface area contributed by atoms with Gasteiger partial charge in [-0.05, 0) is 71.7 Å². The smallest absolute Gasteiger partial charge is 0.250 e. The van der Waals surface area contributed by atoms with E-state index in [4.69, 9.17) is 17.3 Å². The van der Waals surface area contributed by atoms with Crippen LogP contribution >= 0.6 is 45.5 Å². The third kappa shape index (κ3) is 3.19. The summed E-state index contributed by atoms with van der Waals surface area (Å²) in [5, 5.41) is 3.90. The molecular formula is C15H14ClIN2OS. The number of aryl methyl sites for hydroxylation is 1. The Balaban J connectivity index is 1.88. The molecule has 1 unspecified atom stereocenters. The van der Waals surface area contributed by atoms with Gasteiger partial charge in [0.25, 0.3) is 0 Å². The Morgan fingerprint density at radius 2 is 2.24 bits per heavy atom. The van der Waals surface area contributed by atoms with E-state index in [-0.39, 0.29) is 6.04 Å². The lowest BCUT2D eigenvalue weighted by Crippen LogP contribution is -2.17. The molecule has 0 saturated carbocycles. The molecule has 1 amide bonds. The van der Waals surface area contributed by atoms with Crippen molar-refractivity contribution in [1.82, 2.24) is 0 Å². The Labute approximate surface area is 146 Å². The van der Waals surface area contributed by atoms with Crippen molar-refractivity contribution in [2.75, 3.05) is 5.32 Å². The Hall–Kier alpha value is -0.790. The highest BCUT2D eigenvalue weighted by Crippen LogP contribution is 2.38. The van der Waals surface area contributed by atoms with Crippen LogP contribution in [0.2, 0.25) is 5.02 Å². The highest BCUT2D eigenvalue weighted by Gasteiger charge is 2.22. The molecule has 1 aromatic carbocycles. The Morgan fingerprint density at radius 1 is 1.43 bits per heavy atom. The summed E-state index contributed by atoms with van der Waals surface area (Å²) in [6.07, 6.45) is 3.43. The molecule has 0 aliphatic heterocycles. The zero-order valence-electron chi connectivity index (χ0n) is 11.2. The number of carbonyl (C=O) groups excluding carboxylic acids is 1. The van der Waals surface area contributed by atoms with Crippen LogP contribution in [-0.4, -0.2) is 5.91 Å². The molecule has 1 aliphatic rings. The van der Waals surface area contributed by atoms with E-state index >= 15 is 0 Å². The standard InChI is InChI=1S/C15H14ClIN2OS/c16-11-5-4-8(6-9(11)15(18)20)19-12-2-1-3-13-10(12)7-14(17)21-13/h4-7,12,19H,1-3H2,(H2,18,20). The molecule has 1 aliphatic carbocycles. The fourth-order valence-corrected chi connectivity index (χ4v) is 5.01. The summed E-state index contributed by atoms with van der Waals surface area (Å²) < 4.78 is 1.32. The van der Waals surface area contributed by atoms with Gasteiger partial charge in [0.2, 0.25) is 5.91 Å². The van der Waals surface area contributed by atoms with E-state index in [0.717, 1.165) is 18.5 Å². The molecule has 3 rings (SSSR count). The SMILES string of the molecule is NC(=O)c1cc(NC2CCCc3sc(I)cc32)ccc1Cl. The van der Waals surface area contributed by atoms with E-state index in [1.165, 1.54) is 19.7 Å². The molecule has 110 valence electrons. The highest BCUT2D eigenvalue weighted by molar-refractivity contribution is 14.1. The number of fused-ring (bicyclic) bond motifs is 1. The molecule has 1 atom stereocenters. The number of halogens is 2. The summed E-state index contributed by atoms with van der Waals surface area (Å²) in [6, 6.07) is 7.87. The molecule has 3 N–H and O–H groups in total. The van der Waals surface area contributed by atoms with Gasteiger partial charge in [0, 0.05) is 10.6 Å². The maximum Gasteiger partial charge on any atom is 0.250 e. The number of nitrogens with one attached hydrogen (secondary N) is 1. The fraction of sp³-hybridized carbons (Fsp3) is 0.267. The quantitative estimate of drug-likeness (QED) is 0.697. The van der Waals surface area contributed by atoms with E-state index < -0.39 is 5.91 Å². The molecule has 0 fully saturated rings. The largest absolute Gasteiger partial charge is 0.378 e. The van der Waals surface area contributed by atoms with Gasteiger partial charge in [-0.1, -0.05) is 11.6 Å². The van der Waals surface area contributed by atoms with Gasteiger partial charge < -0.3 is 11.1 Å². The molecule has 0 saturated heterocycles. The number of hydrogen-bond donors (Lipinski definition) is 2. The van der Waals surface area contributed by atoms with Crippen molar-refractivity contribution in [3.05, 3.63) is 48.2 Å². The minimum Gasteiger partial charge on any atom is -0.378 e. The summed E-state index contributed by atoms with van der Waals surface area (Å²) in [5.74, 6) is -0.502. The van der Waals surface area contributed by atoms with Crippen LogP contribution in [0.25, 0.3) is 0 Å². The van der Waals surface area contributed by atoms with Crippen LogP contribution in [0.3, 0.4) is 0 Å². The average molecular weight is 433 g/mol. The number of benzene rings is 1. The van der Waals surface area contributed by atoms with Gasteiger partial charge in [-0.25, -0.2) is 0 Å². The second-order valence-electron chi connectivity index (χ2n) is 5.08. The normalized spacial score (nSPS) is 17.3. The van der Waals surface area contributed by atoms with Gasteiger partial charge >= 0.3 is 0 Å². The highest BCUT2D eigenvalue weighted by atomic mass is 127. The van der Waals surface area contributed by atoms with Crippen LogP contribution < -0.4 is 11.1 Å². The molecule has 2 aromatic rings. The number of amides is 1. The third-order valence-electron chi connectivity index (χ3n) is 3.66. The van der Waals surface area contributed by atoms with Crippen molar-refractivity contribution in [3.8, 4) is 0 Å². The number of nitrogens with two attached hydrogens (primary N) is 1. The number of carbonyl (C=O) groups is 1. The van der Waals surface area contributed by atoms with Crippen LogP contribution in [0.1, 0.15) is 39.7 Å². The predicted octanol–water partition coefficient (Wildman–Crippen LogP) is 4.59. The summed E-state index contributed by atoms with van der Waals surface area (Å²) >= 11 is 10.2. The molecule has 0 bridgehead atoms. The zero-order valence-corrected chi connectivity index (χ0v) is 14.9. The monoisotopic (exact) mass is 432 g/mol. The van der Waals surface area contributed by atoms with Crippen molar-refractivity contribution >= 4 is 57.1 Å². The Kier molecular flexibility index (Phi) is 4.42. The second kappa shape index (κ2) is 6.14.